The highest BCUT2D eigenvalue weighted by molar-refractivity contribution is 7.92. The summed E-state index contributed by atoms with van der Waals surface area (Å²) in [5.74, 6) is -7.68. The zero-order chi connectivity index (χ0) is 9.99. The molecular weight excluding hydrogens is 194 g/mol. The van der Waals surface area contributed by atoms with Crippen LogP contribution in [0.25, 0.3) is 0 Å². The van der Waals surface area contributed by atoms with E-state index >= 15 is 0 Å². The van der Waals surface area contributed by atoms with Crippen LogP contribution in [-0.4, -0.2) is 36.9 Å². The molecule has 0 aromatic carbocycles. The SMILES string of the molecule is CC(F)(F)CS(=O)(=O)CC(=O)O. The van der Waals surface area contributed by atoms with E-state index in [-0.39, 0.29) is 0 Å². The number of alkyl halides is 2. The maximum Gasteiger partial charge on any atom is 0.318 e. The van der Waals surface area contributed by atoms with Crippen LogP contribution in [0, 0.1) is 0 Å². The van der Waals surface area contributed by atoms with Gasteiger partial charge in [0.05, 0.1) is 0 Å². The van der Waals surface area contributed by atoms with Gasteiger partial charge < -0.3 is 5.11 Å². The van der Waals surface area contributed by atoms with Crippen LogP contribution in [0.2, 0.25) is 0 Å². The number of hydrogen-bond acceptors (Lipinski definition) is 3. The first-order valence-corrected chi connectivity index (χ1v) is 4.74. The molecule has 0 saturated heterocycles. The molecule has 0 aromatic rings. The number of carboxylic acid groups (broad SMARTS) is 1. The molecule has 0 aliphatic heterocycles. The van der Waals surface area contributed by atoms with Gasteiger partial charge in [0.2, 0.25) is 0 Å². The number of carboxylic acids is 1. The van der Waals surface area contributed by atoms with E-state index in [1.807, 2.05) is 0 Å². The Hall–Kier alpha value is -0.720. The second-order valence-corrected chi connectivity index (χ2v) is 4.56. The quantitative estimate of drug-likeness (QED) is 0.703. The predicted octanol–water partition coefficient (Wildman–Crippen LogP) is 0.141. The maximum absolute atomic E-state index is 12.1. The Morgan fingerprint density at radius 1 is 1.50 bits per heavy atom. The number of rotatable bonds is 4. The summed E-state index contributed by atoms with van der Waals surface area (Å²) in [5, 5.41) is 8.02. The third-order valence-electron chi connectivity index (χ3n) is 0.817. The average Bonchev–Trinajstić information content (AvgIpc) is 1.48. The fraction of sp³-hybridized carbons (Fsp3) is 0.800. The van der Waals surface area contributed by atoms with Crippen molar-refractivity contribution in [1.29, 1.82) is 0 Å². The highest BCUT2D eigenvalue weighted by Crippen LogP contribution is 2.14. The first-order valence-electron chi connectivity index (χ1n) is 2.92. The van der Waals surface area contributed by atoms with Crippen LogP contribution in [0.4, 0.5) is 8.78 Å². The molecule has 72 valence electrons. The largest absolute Gasteiger partial charge is 0.480 e. The van der Waals surface area contributed by atoms with E-state index in [9.17, 15) is 22.0 Å². The molecule has 1 N–H and O–H groups in total. The molecular formula is C5H8F2O4S. The van der Waals surface area contributed by atoms with Crippen molar-refractivity contribution in [3.05, 3.63) is 0 Å². The summed E-state index contributed by atoms with van der Waals surface area (Å²) in [6, 6.07) is 0. The van der Waals surface area contributed by atoms with Gasteiger partial charge in [0.15, 0.2) is 9.84 Å². The zero-order valence-corrected chi connectivity index (χ0v) is 7.07. The van der Waals surface area contributed by atoms with E-state index < -0.39 is 33.2 Å². The van der Waals surface area contributed by atoms with Gasteiger partial charge in [-0.05, 0) is 0 Å². The summed E-state index contributed by atoms with van der Waals surface area (Å²) in [4.78, 5) is 9.88. The van der Waals surface area contributed by atoms with Crippen LogP contribution in [0.3, 0.4) is 0 Å². The van der Waals surface area contributed by atoms with Gasteiger partial charge in [-0.15, -0.1) is 0 Å². The van der Waals surface area contributed by atoms with Gasteiger partial charge in [-0.2, -0.15) is 0 Å². The number of carbonyl (C=O) groups is 1. The Labute approximate surface area is 68.1 Å². The smallest absolute Gasteiger partial charge is 0.318 e. The van der Waals surface area contributed by atoms with Crippen molar-refractivity contribution in [3.63, 3.8) is 0 Å². The molecule has 0 rings (SSSR count). The Kier molecular flexibility index (Phi) is 3.14. The van der Waals surface area contributed by atoms with E-state index in [1.54, 1.807) is 0 Å². The lowest BCUT2D eigenvalue weighted by molar-refractivity contribution is -0.134. The molecule has 0 heterocycles. The third-order valence-corrected chi connectivity index (χ3v) is 2.45. The molecule has 12 heavy (non-hydrogen) atoms. The van der Waals surface area contributed by atoms with E-state index in [0.29, 0.717) is 6.92 Å². The van der Waals surface area contributed by atoms with Crippen LogP contribution < -0.4 is 0 Å². The van der Waals surface area contributed by atoms with E-state index in [4.69, 9.17) is 5.11 Å². The molecule has 0 amide bonds. The lowest BCUT2D eigenvalue weighted by Gasteiger charge is -2.08. The number of hydrogen-bond donors (Lipinski definition) is 1. The normalized spacial score (nSPS) is 12.9. The van der Waals surface area contributed by atoms with E-state index in [1.165, 1.54) is 0 Å². The summed E-state index contributed by atoms with van der Waals surface area (Å²) in [6.45, 7) is 0.423. The average molecular weight is 202 g/mol. The highest BCUT2D eigenvalue weighted by Gasteiger charge is 2.31. The number of sulfone groups is 1. The van der Waals surface area contributed by atoms with Crippen molar-refractivity contribution >= 4 is 15.8 Å². The monoisotopic (exact) mass is 202 g/mol. The third kappa shape index (κ3) is 6.02. The minimum Gasteiger partial charge on any atom is -0.480 e. The first kappa shape index (κ1) is 11.3. The maximum atomic E-state index is 12.1. The number of halogens is 2. The summed E-state index contributed by atoms with van der Waals surface area (Å²) < 4.78 is 45.4. The van der Waals surface area contributed by atoms with Crippen LogP contribution in [-0.2, 0) is 14.6 Å². The van der Waals surface area contributed by atoms with Gasteiger partial charge in [-0.1, -0.05) is 0 Å². The van der Waals surface area contributed by atoms with Crippen LogP contribution in [0.1, 0.15) is 6.92 Å². The molecule has 0 aliphatic carbocycles. The molecule has 0 fully saturated rings. The van der Waals surface area contributed by atoms with Gasteiger partial charge in [-0.25, -0.2) is 17.2 Å². The second-order valence-electron chi connectivity index (χ2n) is 2.50. The molecule has 4 nitrogen and oxygen atoms in total. The van der Waals surface area contributed by atoms with Gasteiger partial charge >= 0.3 is 5.97 Å². The molecule has 7 heteroatoms. The van der Waals surface area contributed by atoms with Crippen molar-refractivity contribution in [2.24, 2.45) is 0 Å². The Balaban J connectivity index is 4.36. The molecule has 0 spiro atoms. The van der Waals surface area contributed by atoms with Crippen molar-refractivity contribution in [3.8, 4) is 0 Å². The van der Waals surface area contributed by atoms with Gasteiger partial charge in [0, 0.05) is 6.92 Å². The summed E-state index contributed by atoms with van der Waals surface area (Å²) in [5.41, 5.74) is 0. The topological polar surface area (TPSA) is 71.4 Å². The summed E-state index contributed by atoms with van der Waals surface area (Å²) in [7, 11) is -4.19. The lowest BCUT2D eigenvalue weighted by Crippen LogP contribution is -2.28. The first-order chi connectivity index (χ1) is 5.12. The Morgan fingerprint density at radius 2 is 1.92 bits per heavy atom. The predicted molar refractivity (Wildman–Crippen MR) is 36.9 cm³/mol. The minimum absolute atomic E-state index is 0.423. The molecule has 0 atom stereocenters. The van der Waals surface area contributed by atoms with Gasteiger partial charge in [0.25, 0.3) is 5.92 Å². The molecule has 0 aliphatic rings. The molecule has 0 bridgehead atoms. The summed E-state index contributed by atoms with van der Waals surface area (Å²) >= 11 is 0. The zero-order valence-electron chi connectivity index (χ0n) is 6.25. The van der Waals surface area contributed by atoms with E-state index in [2.05, 4.69) is 0 Å². The molecule has 0 saturated carbocycles. The highest BCUT2D eigenvalue weighted by atomic mass is 32.2. The van der Waals surface area contributed by atoms with Crippen LogP contribution >= 0.6 is 0 Å². The fourth-order valence-corrected chi connectivity index (χ4v) is 1.88. The van der Waals surface area contributed by atoms with Crippen molar-refractivity contribution in [2.45, 2.75) is 12.8 Å². The van der Waals surface area contributed by atoms with E-state index in [0.717, 1.165) is 0 Å². The Morgan fingerprint density at radius 3 is 2.17 bits per heavy atom. The fourth-order valence-electron chi connectivity index (χ4n) is 0.625. The number of aliphatic carboxylic acids is 1. The Bertz CT molecular complexity index is 264. The van der Waals surface area contributed by atoms with Crippen LogP contribution in [0.15, 0.2) is 0 Å². The van der Waals surface area contributed by atoms with Crippen molar-refractivity contribution in [2.75, 3.05) is 11.5 Å². The van der Waals surface area contributed by atoms with Gasteiger partial charge in [-0.3, -0.25) is 4.79 Å². The van der Waals surface area contributed by atoms with Gasteiger partial charge in [0.1, 0.15) is 11.5 Å². The summed E-state index contributed by atoms with van der Waals surface area (Å²) in [6.07, 6.45) is 0. The van der Waals surface area contributed by atoms with Crippen LogP contribution in [0.5, 0.6) is 0 Å². The molecule has 0 unspecified atom stereocenters. The lowest BCUT2D eigenvalue weighted by atomic mass is 10.5. The molecule has 0 aromatic heterocycles. The second kappa shape index (κ2) is 3.34. The minimum atomic E-state index is -4.19. The standard InChI is InChI=1S/C5H8F2O4S/c1-5(6,7)3-12(10,11)2-4(8)9/h2-3H2,1H3,(H,8,9). The molecule has 0 radical (unpaired) electrons. The van der Waals surface area contributed by atoms with Crippen molar-refractivity contribution < 1.29 is 27.1 Å². The van der Waals surface area contributed by atoms with Crippen molar-refractivity contribution in [1.82, 2.24) is 0 Å².